The van der Waals surface area contributed by atoms with Crippen LogP contribution in [0.25, 0.3) is 0 Å². The number of hydrogen-bond donors (Lipinski definition) is 1. The van der Waals surface area contributed by atoms with Crippen LogP contribution in [-0.4, -0.2) is 41.3 Å². The van der Waals surface area contributed by atoms with Gasteiger partial charge in [-0.15, -0.1) is 0 Å². The zero-order chi connectivity index (χ0) is 15.6. The second-order valence-corrected chi connectivity index (χ2v) is 7.78. The Labute approximate surface area is 129 Å². The fourth-order valence-corrected chi connectivity index (χ4v) is 3.82. The average Bonchev–Trinajstić information content (AvgIpc) is 2.91. The first kappa shape index (κ1) is 16.6. The number of carbonyl (C=O) groups is 1. The molecule has 1 amide bonds. The molecule has 2 heterocycles. The second kappa shape index (κ2) is 6.55. The number of nitrogens with zero attached hydrogens (tertiary/aromatic N) is 1. The molecule has 0 aromatic rings. The summed E-state index contributed by atoms with van der Waals surface area (Å²) in [6.45, 7) is 11.3. The van der Waals surface area contributed by atoms with Crippen LogP contribution in [0.3, 0.4) is 0 Å². The van der Waals surface area contributed by atoms with E-state index < -0.39 is 5.60 Å². The number of rotatable bonds is 5. The van der Waals surface area contributed by atoms with Gasteiger partial charge in [0, 0.05) is 24.7 Å². The fourth-order valence-electron chi connectivity index (χ4n) is 3.82. The first-order chi connectivity index (χ1) is 9.81. The molecule has 4 unspecified atom stereocenters. The van der Waals surface area contributed by atoms with E-state index in [9.17, 15) is 4.79 Å². The monoisotopic (exact) mass is 296 g/mol. The Kier molecular flexibility index (Phi) is 5.18. The fraction of sp³-hybridized carbons (Fsp3) is 0.941. The lowest BCUT2D eigenvalue weighted by molar-refractivity contribution is 0.0205. The van der Waals surface area contributed by atoms with Crippen LogP contribution in [-0.2, 0) is 4.74 Å². The Morgan fingerprint density at radius 3 is 2.71 bits per heavy atom. The van der Waals surface area contributed by atoms with Crippen LogP contribution in [0.5, 0.6) is 0 Å². The van der Waals surface area contributed by atoms with Gasteiger partial charge in [-0.3, -0.25) is 0 Å². The first-order valence-electron chi connectivity index (χ1n) is 8.56. The third-order valence-electron chi connectivity index (χ3n) is 4.72. The van der Waals surface area contributed by atoms with E-state index in [0.29, 0.717) is 24.0 Å². The van der Waals surface area contributed by atoms with E-state index in [0.717, 1.165) is 25.8 Å². The van der Waals surface area contributed by atoms with E-state index in [4.69, 9.17) is 4.74 Å². The van der Waals surface area contributed by atoms with Crippen molar-refractivity contribution in [2.45, 2.75) is 90.4 Å². The largest absolute Gasteiger partial charge is 0.444 e. The van der Waals surface area contributed by atoms with E-state index in [-0.39, 0.29) is 6.09 Å². The molecule has 1 N–H and O–H groups in total. The van der Waals surface area contributed by atoms with Crippen LogP contribution >= 0.6 is 0 Å². The Morgan fingerprint density at radius 2 is 2.10 bits per heavy atom. The maximum atomic E-state index is 12.4. The molecule has 2 rings (SSSR count). The Morgan fingerprint density at radius 1 is 1.38 bits per heavy atom. The molecule has 4 nitrogen and oxygen atoms in total. The summed E-state index contributed by atoms with van der Waals surface area (Å²) in [4.78, 5) is 14.4. The molecule has 0 radical (unpaired) electrons. The van der Waals surface area contributed by atoms with Gasteiger partial charge < -0.3 is 15.0 Å². The minimum Gasteiger partial charge on any atom is -0.444 e. The van der Waals surface area contributed by atoms with Crippen molar-refractivity contribution < 1.29 is 9.53 Å². The Bertz CT molecular complexity index is 364. The molecule has 0 aromatic carbocycles. The van der Waals surface area contributed by atoms with Gasteiger partial charge in [0.15, 0.2) is 0 Å². The molecular formula is C17H32N2O2. The van der Waals surface area contributed by atoms with Crippen molar-refractivity contribution in [2.75, 3.05) is 6.54 Å². The second-order valence-electron chi connectivity index (χ2n) is 7.78. The van der Waals surface area contributed by atoms with Gasteiger partial charge in [0.05, 0.1) is 0 Å². The number of hydrogen-bond acceptors (Lipinski definition) is 3. The summed E-state index contributed by atoms with van der Waals surface area (Å²) in [5, 5.41) is 3.64. The smallest absolute Gasteiger partial charge is 0.410 e. The summed E-state index contributed by atoms with van der Waals surface area (Å²) in [7, 11) is 0. The summed E-state index contributed by atoms with van der Waals surface area (Å²) >= 11 is 0. The lowest BCUT2D eigenvalue weighted by atomic mass is 9.89. The highest BCUT2D eigenvalue weighted by atomic mass is 16.6. The third kappa shape index (κ3) is 4.12. The highest BCUT2D eigenvalue weighted by Gasteiger charge is 2.49. The third-order valence-corrected chi connectivity index (χ3v) is 4.72. The number of ether oxygens (including phenoxy) is 1. The summed E-state index contributed by atoms with van der Waals surface area (Å²) in [6.07, 6.45) is 5.74. The van der Waals surface area contributed by atoms with Crippen LogP contribution in [0.4, 0.5) is 4.79 Å². The molecule has 0 spiro atoms. The number of nitrogens with one attached hydrogen (secondary N) is 1. The Hall–Kier alpha value is -0.770. The average molecular weight is 296 g/mol. The Balaban J connectivity index is 1.88. The molecule has 0 saturated carbocycles. The van der Waals surface area contributed by atoms with Crippen LogP contribution < -0.4 is 5.32 Å². The first-order valence-corrected chi connectivity index (χ1v) is 8.56. The minimum absolute atomic E-state index is 0.112. The molecule has 2 bridgehead atoms. The lowest BCUT2D eigenvalue weighted by Gasteiger charge is -2.28. The zero-order valence-corrected chi connectivity index (χ0v) is 14.3. The molecule has 0 aromatic heterocycles. The van der Waals surface area contributed by atoms with Crippen molar-refractivity contribution in [3.05, 3.63) is 0 Å². The van der Waals surface area contributed by atoms with E-state index >= 15 is 0 Å². The lowest BCUT2D eigenvalue weighted by Crippen LogP contribution is -2.42. The standard InChI is InChI=1S/C17H32N2O2/c1-6-7-12(2)18-11-13-10-14-8-9-15(13)19(14)16(20)21-17(3,4)5/h12-15,18H,6-11H2,1-5H3. The van der Waals surface area contributed by atoms with Crippen molar-refractivity contribution >= 4 is 6.09 Å². The molecular weight excluding hydrogens is 264 g/mol. The minimum atomic E-state index is -0.400. The van der Waals surface area contributed by atoms with E-state index in [1.54, 1.807) is 0 Å². The molecule has 4 heteroatoms. The highest BCUT2D eigenvalue weighted by Crippen LogP contribution is 2.42. The van der Waals surface area contributed by atoms with Gasteiger partial charge >= 0.3 is 6.09 Å². The van der Waals surface area contributed by atoms with Gasteiger partial charge in [0.1, 0.15) is 5.60 Å². The molecule has 2 fully saturated rings. The van der Waals surface area contributed by atoms with Gasteiger partial charge in [0.2, 0.25) is 0 Å². The molecule has 0 aliphatic carbocycles. The van der Waals surface area contributed by atoms with Gasteiger partial charge in [-0.25, -0.2) is 4.79 Å². The maximum Gasteiger partial charge on any atom is 0.410 e. The number of fused-ring (bicyclic) bond motifs is 2. The normalized spacial score (nSPS) is 29.8. The molecule has 21 heavy (non-hydrogen) atoms. The van der Waals surface area contributed by atoms with Crippen LogP contribution in [0, 0.1) is 5.92 Å². The van der Waals surface area contributed by atoms with Crippen molar-refractivity contribution in [1.82, 2.24) is 10.2 Å². The van der Waals surface area contributed by atoms with E-state index in [2.05, 4.69) is 19.2 Å². The van der Waals surface area contributed by atoms with E-state index in [1.807, 2.05) is 25.7 Å². The van der Waals surface area contributed by atoms with Crippen molar-refractivity contribution in [3.63, 3.8) is 0 Å². The highest BCUT2D eigenvalue weighted by molar-refractivity contribution is 5.70. The molecule has 4 atom stereocenters. The SMILES string of the molecule is CCCC(C)NCC1CC2CCC1N2C(=O)OC(C)(C)C. The van der Waals surface area contributed by atoms with Crippen molar-refractivity contribution in [2.24, 2.45) is 5.92 Å². The molecule has 2 aliphatic rings. The maximum absolute atomic E-state index is 12.4. The molecule has 122 valence electrons. The predicted molar refractivity (Wildman–Crippen MR) is 85.4 cm³/mol. The molecule has 2 saturated heterocycles. The van der Waals surface area contributed by atoms with E-state index in [1.165, 1.54) is 12.8 Å². The van der Waals surface area contributed by atoms with Crippen LogP contribution in [0.1, 0.15) is 66.7 Å². The summed E-state index contributed by atoms with van der Waals surface area (Å²) in [6, 6.07) is 1.36. The van der Waals surface area contributed by atoms with Crippen LogP contribution in [0.2, 0.25) is 0 Å². The summed E-state index contributed by atoms with van der Waals surface area (Å²) in [5.41, 5.74) is -0.400. The van der Waals surface area contributed by atoms with Crippen molar-refractivity contribution in [3.8, 4) is 0 Å². The summed E-state index contributed by atoms with van der Waals surface area (Å²) < 4.78 is 5.58. The van der Waals surface area contributed by atoms with Crippen molar-refractivity contribution in [1.29, 1.82) is 0 Å². The summed E-state index contributed by atoms with van der Waals surface area (Å²) in [5.74, 6) is 0.593. The quantitative estimate of drug-likeness (QED) is 0.843. The topological polar surface area (TPSA) is 41.6 Å². The number of amides is 1. The predicted octanol–water partition coefficient (Wildman–Crippen LogP) is 3.55. The number of carbonyl (C=O) groups excluding carboxylic acids is 1. The van der Waals surface area contributed by atoms with Gasteiger partial charge in [-0.1, -0.05) is 13.3 Å². The zero-order valence-electron chi connectivity index (χ0n) is 14.3. The van der Waals surface area contributed by atoms with Gasteiger partial charge in [-0.2, -0.15) is 0 Å². The molecule has 2 aliphatic heterocycles. The van der Waals surface area contributed by atoms with Gasteiger partial charge in [-0.05, 0) is 59.3 Å². The van der Waals surface area contributed by atoms with Gasteiger partial charge in [0.25, 0.3) is 0 Å². The van der Waals surface area contributed by atoms with Crippen LogP contribution in [0.15, 0.2) is 0 Å².